The van der Waals surface area contributed by atoms with Gasteiger partial charge in [-0.05, 0) is 18.2 Å². The minimum atomic E-state index is -0.618. The van der Waals surface area contributed by atoms with Crippen LogP contribution in [0.1, 0.15) is 0 Å². The molecule has 6 nitrogen and oxygen atoms in total. The second kappa shape index (κ2) is 6.47. The van der Waals surface area contributed by atoms with Gasteiger partial charge in [-0.3, -0.25) is 14.9 Å². The molecule has 0 radical (unpaired) electrons. The lowest BCUT2D eigenvalue weighted by molar-refractivity contribution is -0.383. The van der Waals surface area contributed by atoms with Crippen molar-refractivity contribution in [2.24, 2.45) is 0 Å². The van der Waals surface area contributed by atoms with Gasteiger partial charge in [0.25, 0.3) is 11.6 Å². The summed E-state index contributed by atoms with van der Waals surface area (Å²) in [7, 11) is 0. The molecule has 0 aliphatic rings. The third kappa shape index (κ3) is 3.75. The lowest BCUT2D eigenvalue weighted by Gasteiger charge is -2.08. The third-order valence-electron chi connectivity index (χ3n) is 2.57. The molecule has 21 heavy (non-hydrogen) atoms. The number of halogens is 1. The maximum atomic E-state index is 13.3. The van der Waals surface area contributed by atoms with Crippen LogP contribution in [0.4, 0.5) is 15.8 Å². The fourth-order valence-corrected chi connectivity index (χ4v) is 1.63. The van der Waals surface area contributed by atoms with Gasteiger partial charge in [-0.1, -0.05) is 24.3 Å². The van der Waals surface area contributed by atoms with Crippen molar-refractivity contribution in [2.45, 2.75) is 0 Å². The van der Waals surface area contributed by atoms with Crippen LogP contribution in [0.25, 0.3) is 0 Å². The summed E-state index contributed by atoms with van der Waals surface area (Å²) in [5, 5.41) is 13.2. The van der Waals surface area contributed by atoms with Crippen molar-refractivity contribution in [3.05, 3.63) is 64.5 Å². The van der Waals surface area contributed by atoms with Crippen molar-refractivity contribution < 1.29 is 18.8 Å². The van der Waals surface area contributed by atoms with Crippen LogP contribution in [0.15, 0.2) is 48.5 Å². The number of carbonyl (C=O) groups is 1. The zero-order valence-electron chi connectivity index (χ0n) is 10.8. The molecule has 0 saturated heterocycles. The van der Waals surface area contributed by atoms with Gasteiger partial charge in [-0.15, -0.1) is 0 Å². The Morgan fingerprint density at radius 2 is 1.86 bits per heavy atom. The minimum Gasteiger partial charge on any atom is -0.481 e. The molecule has 1 N–H and O–H groups in total. The average Bonchev–Trinajstić information content (AvgIpc) is 2.47. The van der Waals surface area contributed by atoms with Gasteiger partial charge in [-0.25, -0.2) is 4.39 Å². The van der Waals surface area contributed by atoms with Crippen LogP contribution in [0.2, 0.25) is 0 Å². The molecule has 2 aromatic rings. The normalized spacial score (nSPS) is 9.95. The van der Waals surface area contributed by atoms with E-state index in [2.05, 4.69) is 5.32 Å². The van der Waals surface area contributed by atoms with Crippen LogP contribution in [-0.4, -0.2) is 17.4 Å². The van der Waals surface area contributed by atoms with Crippen molar-refractivity contribution in [1.29, 1.82) is 0 Å². The van der Waals surface area contributed by atoms with E-state index < -0.39 is 23.3 Å². The van der Waals surface area contributed by atoms with Crippen molar-refractivity contribution in [2.75, 3.05) is 11.9 Å². The third-order valence-corrected chi connectivity index (χ3v) is 2.57. The maximum Gasteiger partial charge on any atom is 0.292 e. The lowest BCUT2D eigenvalue weighted by Crippen LogP contribution is -2.21. The van der Waals surface area contributed by atoms with E-state index in [-0.39, 0.29) is 17.1 Å². The summed E-state index contributed by atoms with van der Waals surface area (Å²) in [5.41, 5.74) is -0.165. The molecular formula is C14H11FN2O4. The van der Waals surface area contributed by atoms with Gasteiger partial charge >= 0.3 is 0 Å². The highest BCUT2D eigenvalue weighted by molar-refractivity contribution is 5.94. The van der Waals surface area contributed by atoms with Crippen molar-refractivity contribution in [1.82, 2.24) is 0 Å². The molecule has 0 saturated carbocycles. The predicted octanol–water partition coefficient (Wildman–Crippen LogP) is 2.75. The highest BCUT2D eigenvalue weighted by Gasteiger charge is 2.15. The summed E-state index contributed by atoms with van der Waals surface area (Å²) in [6.07, 6.45) is 0. The molecule has 0 aromatic heterocycles. The summed E-state index contributed by atoms with van der Waals surface area (Å²) in [6, 6.07) is 11.4. The Bertz CT molecular complexity index is 676. The van der Waals surface area contributed by atoms with Gasteiger partial charge in [0.1, 0.15) is 5.69 Å². The number of para-hydroxylation sites is 3. The van der Waals surface area contributed by atoms with Gasteiger partial charge in [0.15, 0.2) is 18.2 Å². The molecule has 0 spiro atoms. The molecule has 1 amide bonds. The quantitative estimate of drug-likeness (QED) is 0.678. The smallest absolute Gasteiger partial charge is 0.292 e. The maximum absolute atomic E-state index is 13.3. The minimum absolute atomic E-state index is 0.0598. The summed E-state index contributed by atoms with van der Waals surface area (Å²) in [6.45, 7) is -0.451. The van der Waals surface area contributed by atoms with Crippen LogP contribution in [-0.2, 0) is 4.79 Å². The first-order valence-electron chi connectivity index (χ1n) is 5.98. The zero-order valence-corrected chi connectivity index (χ0v) is 10.8. The van der Waals surface area contributed by atoms with E-state index in [9.17, 15) is 19.3 Å². The van der Waals surface area contributed by atoms with E-state index in [1.165, 1.54) is 36.4 Å². The first-order chi connectivity index (χ1) is 10.1. The summed E-state index contributed by atoms with van der Waals surface area (Å²) < 4.78 is 18.3. The SMILES string of the molecule is O=C(COc1ccccc1F)Nc1ccccc1[N+](=O)[O-]. The van der Waals surface area contributed by atoms with E-state index >= 15 is 0 Å². The van der Waals surface area contributed by atoms with Gasteiger partial charge in [0.2, 0.25) is 0 Å². The van der Waals surface area contributed by atoms with E-state index in [1.807, 2.05) is 0 Å². The van der Waals surface area contributed by atoms with Gasteiger partial charge in [0.05, 0.1) is 4.92 Å². The Hall–Kier alpha value is -2.96. The number of ether oxygens (including phenoxy) is 1. The van der Waals surface area contributed by atoms with E-state index in [0.717, 1.165) is 0 Å². The number of nitro groups is 1. The summed E-state index contributed by atoms with van der Waals surface area (Å²) >= 11 is 0. The standard InChI is InChI=1S/C14H11FN2O4/c15-10-5-1-4-8-13(10)21-9-14(18)16-11-6-2-3-7-12(11)17(19)20/h1-8H,9H2,(H,16,18). The number of hydrogen-bond donors (Lipinski definition) is 1. The van der Waals surface area contributed by atoms with E-state index in [1.54, 1.807) is 12.1 Å². The van der Waals surface area contributed by atoms with Gasteiger partial charge in [-0.2, -0.15) is 0 Å². The predicted molar refractivity (Wildman–Crippen MR) is 73.6 cm³/mol. The fourth-order valence-electron chi connectivity index (χ4n) is 1.63. The molecule has 0 bridgehead atoms. The number of nitrogens with one attached hydrogen (secondary N) is 1. The zero-order chi connectivity index (χ0) is 15.2. The number of anilines is 1. The number of rotatable bonds is 5. The number of amides is 1. The van der Waals surface area contributed by atoms with E-state index in [4.69, 9.17) is 4.74 Å². The Kier molecular flexibility index (Phi) is 4.45. The Morgan fingerprint density at radius 3 is 2.57 bits per heavy atom. The highest BCUT2D eigenvalue weighted by Crippen LogP contribution is 2.23. The summed E-state index contributed by atoms with van der Waals surface area (Å²) in [4.78, 5) is 21.9. The molecule has 0 aliphatic carbocycles. The Labute approximate surface area is 119 Å². The molecule has 0 atom stereocenters. The molecule has 108 valence electrons. The monoisotopic (exact) mass is 290 g/mol. The van der Waals surface area contributed by atoms with Crippen LogP contribution in [0.5, 0.6) is 5.75 Å². The van der Waals surface area contributed by atoms with Crippen molar-refractivity contribution >= 4 is 17.3 Å². The second-order valence-electron chi connectivity index (χ2n) is 4.04. The number of benzene rings is 2. The van der Waals surface area contributed by atoms with Crippen molar-refractivity contribution in [3.63, 3.8) is 0 Å². The second-order valence-corrected chi connectivity index (χ2v) is 4.04. The molecule has 7 heteroatoms. The van der Waals surface area contributed by atoms with Crippen LogP contribution in [0.3, 0.4) is 0 Å². The first kappa shape index (κ1) is 14.4. The average molecular weight is 290 g/mol. The molecule has 2 rings (SSSR count). The molecule has 0 aliphatic heterocycles. The number of hydrogen-bond acceptors (Lipinski definition) is 4. The molecule has 0 heterocycles. The molecular weight excluding hydrogens is 279 g/mol. The summed E-state index contributed by atoms with van der Waals surface area (Å²) in [5.74, 6) is -1.27. The number of carbonyl (C=O) groups excluding carboxylic acids is 1. The number of nitrogens with zero attached hydrogens (tertiary/aromatic N) is 1. The van der Waals surface area contributed by atoms with Crippen LogP contribution in [0, 0.1) is 15.9 Å². The molecule has 2 aromatic carbocycles. The van der Waals surface area contributed by atoms with Gasteiger partial charge in [0, 0.05) is 6.07 Å². The topological polar surface area (TPSA) is 81.5 Å². The highest BCUT2D eigenvalue weighted by atomic mass is 19.1. The van der Waals surface area contributed by atoms with Crippen LogP contribution < -0.4 is 10.1 Å². The van der Waals surface area contributed by atoms with Gasteiger partial charge < -0.3 is 10.1 Å². The van der Waals surface area contributed by atoms with Crippen LogP contribution >= 0.6 is 0 Å². The van der Waals surface area contributed by atoms with Crippen molar-refractivity contribution in [3.8, 4) is 5.75 Å². The largest absolute Gasteiger partial charge is 0.481 e. The fraction of sp³-hybridized carbons (Fsp3) is 0.0714. The Balaban J connectivity index is 2.00. The van der Waals surface area contributed by atoms with E-state index in [0.29, 0.717) is 0 Å². The first-order valence-corrected chi connectivity index (χ1v) is 5.98. The lowest BCUT2D eigenvalue weighted by atomic mass is 10.2. The molecule has 0 fully saturated rings. The Morgan fingerprint density at radius 1 is 1.19 bits per heavy atom. The number of nitro benzene ring substituents is 1. The molecule has 0 unspecified atom stereocenters.